The predicted molar refractivity (Wildman–Crippen MR) is 87.9 cm³/mol. The van der Waals surface area contributed by atoms with Crippen LogP contribution in [0.25, 0.3) is 0 Å². The van der Waals surface area contributed by atoms with Crippen LogP contribution in [0.2, 0.25) is 0 Å². The van der Waals surface area contributed by atoms with E-state index in [9.17, 15) is 9.90 Å². The van der Waals surface area contributed by atoms with E-state index in [2.05, 4.69) is 4.90 Å². The number of rotatable bonds is 9. The van der Waals surface area contributed by atoms with E-state index in [4.69, 9.17) is 9.47 Å². The molecule has 1 unspecified atom stereocenters. The lowest BCUT2D eigenvalue weighted by Crippen LogP contribution is -2.44. The van der Waals surface area contributed by atoms with E-state index >= 15 is 0 Å². The monoisotopic (exact) mass is 325 g/mol. The first kappa shape index (κ1) is 17.0. The third kappa shape index (κ3) is 4.08. The van der Waals surface area contributed by atoms with E-state index in [1.54, 1.807) is 26.0 Å². The molecule has 1 aliphatic carbocycles. The van der Waals surface area contributed by atoms with Crippen LogP contribution in [0.3, 0.4) is 0 Å². The van der Waals surface area contributed by atoms with E-state index in [0.29, 0.717) is 18.3 Å². The zero-order valence-electron chi connectivity index (χ0n) is 13.2. The van der Waals surface area contributed by atoms with Crippen LogP contribution < -0.4 is 9.47 Å². The Morgan fingerprint density at radius 2 is 2.14 bits per heavy atom. The maximum absolute atomic E-state index is 11.6. The molecule has 6 heteroatoms. The number of hydrogen-bond acceptors (Lipinski definition) is 5. The van der Waals surface area contributed by atoms with Crippen LogP contribution in [0.5, 0.6) is 11.5 Å². The highest BCUT2D eigenvalue weighted by molar-refractivity contribution is 7.98. The highest BCUT2D eigenvalue weighted by Crippen LogP contribution is 2.34. The van der Waals surface area contributed by atoms with Crippen LogP contribution in [0.15, 0.2) is 18.2 Å². The summed E-state index contributed by atoms with van der Waals surface area (Å²) in [6.07, 6.45) is 4.07. The van der Waals surface area contributed by atoms with Crippen molar-refractivity contribution in [3.8, 4) is 11.5 Å². The second-order valence-corrected chi connectivity index (χ2v) is 6.30. The standard InChI is InChI=1S/C16H23NO4S/c1-20-13-7-4-11(15(8-13)21-2)9-17(12-5-6-12)14(10-22-3)16(18)19/h4,7-8,12,14H,5-6,9-10H2,1-3H3,(H,18,19). The molecule has 0 bridgehead atoms. The molecule has 0 amide bonds. The minimum absolute atomic E-state index is 0.361. The summed E-state index contributed by atoms with van der Waals surface area (Å²) in [7, 11) is 3.24. The first-order valence-electron chi connectivity index (χ1n) is 7.29. The Morgan fingerprint density at radius 1 is 1.41 bits per heavy atom. The molecule has 1 atom stereocenters. The number of carboxylic acid groups (broad SMARTS) is 1. The topological polar surface area (TPSA) is 59.0 Å². The number of carbonyl (C=O) groups is 1. The Kier molecular flexibility index (Phi) is 5.97. The molecular weight excluding hydrogens is 302 g/mol. The van der Waals surface area contributed by atoms with Crippen LogP contribution in [0.4, 0.5) is 0 Å². The molecule has 22 heavy (non-hydrogen) atoms. The smallest absolute Gasteiger partial charge is 0.321 e. The Morgan fingerprint density at radius 3 is 2.64 bits per heavy atom. The highest BCUT2D eigenvalue weighted by Gasteiger charge is 2.37. The van der Waals surface area contributed by atoms with E-state index < -0.39 is 12.0 Å². The molecule has 0 saturated heterocycles. The van der Waals surface area contributed by atoms with Gasteiger partial charge in [0.15, 0.2) is 0 Å². The Hall–Kier alpha value is -1.40. The van der Waals surface area contributed by atoms with E-state index in [0.717, 1.165) is 29.9 Å². The van der Waals surface area contributed by atoms with Crippen LogP contribution in [0, 0.1) is 0 Å². The van der Waals surface area contributed by atoms with Crippen molar-refractivity contribution in [2.75, 3.05) is 26.2 Å². The van der Waals surface area contributed by atoms with Gasteiger partial charge in [0.25, 0.3) is 0 Å². The van der Waals surface area contributed by atoms with Crippen molar-refractivity contribution in [3.05, 3.63) is 23.8 Å². The molecule has 5 nitrogen and oxygen atoms in total. The molecule has 0 aromatic heterocycles. The van der Waals surface area contributed by atoms with Crippen molar-refractivity contribution >= 4 is 17.7 Å². The maximum atomic E-state index is 11.6. The SMILES string of the molecule is COc1ccc(CN(C2CC2)C(CSC)C(=O)O)c(OC)c1. The Labute approximate surface area is 135 Å². The van der Waals surface area contributed by atoms with Crippen molar-refractivity contribution in [2.24, 2.45) is 0 Å². The van der Waals surface area contributed by atoms with Crippen molar-refractivity contribution in [1.29, 1.82) is 0 Å². The molecule has 0 radical (unpaired) electrons. The number of ether oxygens (including phenoxy) is 2. The molecule has 122 valence electrons. The normalized spacial score (nSPS) is 15.6. The van der Waals surface area contributed by atoms with Gasteiger partial charge in [-0.2, -0.15) is 11.8 Å². The molecule has 1 N–H and O–H groups in total. The largest absolute Gasteiger partial charge is 0.497 e. The number of benzene rings is 1. The zero-order chi connectivity index (χ0) is 16.1. The van der Waals surface area contributed by atoms with Gasteiger partial charge in [0.05, 0.1) is 14.2 Å². The number of aliphatic carboxylic acids is 1. The van der Waals surface area contributed by atoms with Crippen molar-refractivity contribution in [1.82, 2.24) is 4.90 Å². The average Bonchev–Trinajstić information content (AvgIpc) is 3.35. The quantitative estimate of drug-likeness (QED) is 0.753. The van der Waals surface area contributed by atoms with Gasteiger partial charge < -0.3 is 14.6 Å². The van der Waals surface area contributed by atoms with Gasteiger partial charge in [0.2, 0.25) is 0 Å². The number of nitrogens with zero attached hydrogens (tertiary/aromatic N) is 1. The maximum Gasteiger partial charge on any atom is 0.321 e. The fourth-order valence-corrected chi connectivity index (χ4v) is 3.20. The van der Waals surface area contributed by atoms with E-state index in [1.165, 1.54) is 0 Å². The molecular formula is C16H23NO4S. The number of thioether (sulfide) groups is 1. The first-order valence-corrected chi connectivity index (χ1v) is 8.68. The van der Waals surface area contributed by atoms with Crippen molar-refractivity contribution in [3.63, 3.8) is 0 Å². The molecule has 0 spiro atoms. The van der Waals surface area contributed by atoms with Gasteiger partial charge >= 0.3 is 5.97 Å². The summed E-state index contributed by atoms with van der Waals surface area (Å²) in [5.74, 6) is 1.30. The summed E-state index contributed by atoms with van der Waals surface area (Å²) in [4.78, 5) is 13.7. The van der Waals surface area contributed by atoms with Gasteiger partial charge in [0.1, 0.15) is 17.5 Å². The second-order valence-electron chi connectivity index (χ2n) is 5.39. The Balaban J connectivity index is 2.22. The van der Waals surface area contributed by atoms with Gasteiger partial charge in [-0.25, -0.2) is 0 Å². The second kappa shape index (κ2) is 7.74. The highest BCUT2D eigenvalue weighted by atomic mass is 32.2. The summed E-state index contributed by atoms with van der Waals surface area (Å²) in [6, 6.07) is 5.57. The fraction of sp³-hybridized carbons (Fsp3) is 0.562. The zero-order valence-corrected chi connectivity index (χ0v) is 14.1. The summed E-state index contributed by atoms with van der Waals surface area (Å²) in [5.41, 5.74) is 0.988. The first-order chi connectivity index (χ1) is 10.6. The summed E-state index contributed by atoms with van der Waals surface area (Å²) in [6.45, 7) is 0.579. The number of carboxylic acids is 1. The minimum atomic E-state index is -0.756. The molecule has 1 fully saturated rings. The van der Waals surface area contributed by atoms with Gasteiger partial charge in [-0.05, 0) is 25.2 Å². The van der Waals surface area contributed by atoms with Crippen LogP contribution in [-0.2, 0) is 11.3 Å². The lowest BCUT2D eigenvalue weighted by Gasteiger charge is -2.29. The number of methoxy groups -OCH3 is 2. The van der Waals surface area contributed by atoms with Gasteiger partial charge in [-0.3, -0.25) is 9.69 Å². The van der Waals surface area contributed by atoms with Crippen LogP contribution >= 0.6 is 11.8 Å². The number of hydrogen-bond donors (Lipinski definition) is 1. The van der Waals surface area contributed by atoms with E-state index in [-0.39, 0.29) is 0 Å². The third-order valence-corrected chi connectivity index (χ3v) is 4.52. The summed E-state index contributed by atoms with van der Waals surface area (Å²) in [5, 5.41) is 9.53. The van der Waals surface area contributed by atoms with E-state index in [1.807, 2.05) is 24.5 Å². The van der Waals surface area contributed by atoms with Gasteiger partial charge in [-0.15, -0.1) is 0 Å². The predicted octanol–water partition coefficient (Wildman–Crippen LogP) is 2.48. The van der Waals surface area contributed by atoms with Gasteiger partial charge in [-0.1, -0.05) is 6.07 Å². The summed E-state index contributed by atoms with van der Waals surface area (Å²) >= 11 is 1.56. The molecule has 0 heterocycles. The molecule has 1 saturated carbocycles. The molecule has 2 rings (SSSR count). The molecule has 1 aromatic rings. The Bertz CT molecular complexity index is 519. The van der Waals surface area contributed by atoms with Gasteiger partial charge in [0, 0.05) is 30.0 Å². The van der Waals surface area contributed by atoms with Crippen LogP contribution in [-0.4, -0.2) is 54.3 Å². The molecule has 1 aromatic carbocycles. The van der Waals surface area contributed by atoms with Crippen molar-refractivity contribution in [2.45, 2.75) is 31.5 Å². The minimum Gasteiger partial charge on any atom is -0.497 e. The fourth-order valence-electron chi connectivity index (χ4n) is 2.55. The van der Waals surface area contributed by atoms with Crippen LogP contribution in [0.1, 0.15) is 18.4 Å². The lowest BCUT2D eigenvalue weighted by molar-refractivity contribution is -0.142. The summed E-state index contributed by atoms with van der Waals surface area (Å²) < 4.78 is 10.6. The molecule has 1 aliphatic rings. The third-order valence-electron chi connectivity index (χ3n) is 3.87. The average molecular weight is 325 g/mol. The lowest BCUT2D eigenvalue weighted by atomic mass is 10.1. The molecule has 0 aliphatic heterocycles. The van der Waals surface area contributed by atoms with Crippen molar-refractivity contribution < 1.29 is 19.4 Å².